The molecule has 2 aromatic heterocycles. The molecular formula is C12H13N5O4. The van der Waals surface area contributed by atoms with Crippen molar-refractivity contribution in [1.82, 2.24) is 20.4 Å². The highest BCUT2D eigenvalue weighted by Gasteiger charge is 2.13. The smallest absolute Gasteiger partial charge is 0.356 e. The molecule has 21 heavy (non-hydrogen) atoms. The largest absolute Gasteiger partial charge is 0.476 e. The number of anilines is 1. The second kappa shape index (κ2) is 6.46. The molecule has 2 heterocycles. The maximum Gasteiger partial charge on any atom is 0.356 e. The van der Waals surface area contributed by atoms with Gasteiger partial charge in [-0.15, -0.1) is 0 Å². The van der Waals surface area contributed by atoms with Crippen molar-refractivity contribution < 1.29 is 19.2 Å². The summed E-state index contributed by atoms with van der Waals surface area (Å²) >= 11 is 0. The van der Waals surface area contributed by atoms with Crippen LogP contribution in [0.1, 0.15) is 22.2 Å². The second-order valence-corrected chi connectivity index (χ2v) is 4.07. The molecule has 0 aliphatic rings. The number of carbonyl (C=O) groups is 2. The molecule has 0 bridgehead atoms. The van der Waals surface area contributed by atoms with E-state index in [9.17, 15) is 9.59 Å². The van der Waals surface area contributed by atoms with Gasteiger partial charge in [-0.1, -0.05) is 5.16 Å². The van der Waals surface area contributed by atoms with Gasteiger partial charge in [0.1, 0.15) is 0 Å². The molecule has 9 nitrogen and oxygen atoms in total. The Morgan fingerprint density at radius 1 is 1.43 bits per heavy atom. The zero-order valence-electron chi connectivity index (χ0n) is 11.2. The van der Waals surface area contributed by atoms with E-state index in [1.54, 1.807) is 6.92 Å². The lowest BCUT2D eigenvalue weighted by atomic mass is 10.3. The summed E-state index contributed by atoms with van der Waals surface area (Å²) in [5.41, 5.74) is -0.0978. The first-order valence-corrected chi connectivity index (χ1v) is 6.08. The van der Waals surface area contributed by atoms with E-state index in [1.807, 2.05) is 0 Å². The van der Waals surface area contributed by atoms with Gasteiger partial charge in [0.15, 0.2) is 11.5 Å². The van der Waals surface area contributed by atoms with Crippen LogP contribution in [0.25, 0.3) is 0 Å². The number of carboxylic acid groups (broad SMARTS) is 1. The first-order chi connectivity index (χ1) is 10.1. The van der Waals surface area contributed by atoms with Crippen molar-refractivity contribution in [2.24, 2.45) is 0 Å². The fourth-order valence-electron chi connectivity index (χ4n) is 1.57. The summed E-state index contributed by atoms with van der Waals surface area (Å²) < 4.78 is 4.80. The Bertz CT molecular complexity index is 655. The summed E-state index contributed by atoms with van der Waals surface area (Å²) in [7, 11) is 0. The van der Waals surface area contributed by atoms with Crippen LogP contribution in [-0.2, 0) is 6.42 Å². The quantitative estimate of drug-likeness (QED) is 0.743. The maximum absolute atomic E-state index is 11.7. The number of amides is 2. The van der Waals surface area contributed by atoms with Crippen LogP contribution in [0, 0.1) is 6.92 Å². The highest BCUT2D eigenvalue weighted by molar-refractivity contribution is 5.98. The molecule has 2 rings (SSSR count). The van der Waals surface area contributed by atoms with Crippen LogP contribution in [0.2, 0.25) is 0 Å². The SMILES string of the molecule is Cc1nc(CCNC(=O)Nc2cccnc2C(=O)O)no1. The number of pyridine rings is 1. The van der Waals surface area contributed by atoms with Gasteiger partial charge in [0.05, 0.1) is 5.69 Å². The number of carboxylic acids is 1. The fourth-order valence-corrected chi connectivity index (χ4v) is 1.57. The number of urea groups is 1. The van der Waals surface area contributed by atoms with Crippen molar-refractivity contribution in [1.29, 1.82) is 0 Å². The molecule has 9 heteroatoms. The van der Waals surface area contributed by atoms with Gasteiger partial charge in [-0.05, 0) is 12.1 Å². The van der Waals surface area contributed by atoms with Crippen LogP contribution in [0.15, 0.2) is 22.9 Å². The summed E-state index contributed by atoms with van der Waals surface area (Å²) in [4.78, 5) is 30.3. The van der Waals surface area contributed by atoms with E-state index in [2.05, 4.69) is 25.8 Å². The van der Waals surface area contributed by atoms with Gasteiger partial charge < -0.3 is 20.3 Å². The number of rotatable bonds is 5. The Labute approximate surface area is 119 Å². The first kappa shape index (κ1) is 14.4. The van der Waals surface area contributed by atoms with E-state index >= 15 is 0 Å². The molecule has 0 aliphatic heterocycles. The molecule has 0 spiro atoms. The summed E-state index contributed by atoms with van der Waals surface area (Å²) in [5.74, 6) is -0.274. The third-order valence-electron chi connectivity index (χ3n) is 2.46. The van der Waals surface area contributed by atoms with Gasteiger partial charge in [0.25, 0.3) is 0 Å². The molecule has 0 unspecified atom stereocenters. The Hall–Kier alpha value is -2.97. The van der Waals surface area contributed by atoms with Crippen LogP contribution in [0.3, 0.4) is 0 Å². The van der Waals surface area contributed by atoms with Gasteiger partial charge in [-0.3, -0.25) is 0 Å². The third kappa shape index (κ3) is 4.00. The summed E-state index contributed by atoms with van der Waals surface area (Å²) in [6.45, 7) is 1.96. The molecule has 0 saturated heterocycles. The first-order valence-electron chi connectivity index (χ1n) is 6.08. The Morgan fingerprint density at radius 2 is 2.24 bits per heavy atom. The van der Waals surface area contributed by atoms with Crippen LogP contribution >= 0.6 is 0 Å². The Balaban J connectivity index is 1.86. The van der Waals surface area contributed by atoms with Gasteiger partial charge in [0, 0.05) is 26.1 Å². The standard InChI is InChI=1S/C12H13N5O4/c1-7-15-9(17-21-7)4-6-14-12(20)16-8-3-2-5-13-10(8)11(18)19/h2-3,5H,4,6H2,1H3,(H,18,19)(H2,14,16,20). The second-order valence-electron chi connectivity index (χ2n) is 4.07. The molecule has 0 fully saturated rings. The van der Waals surface area contributed by atoms with E-state index in [4.69, 9.17) is 9.63 Å². The lowest BCUT2D eigenvalue weighted by Gasteiger charge is -2.08. The number of aryl methyl sites for hydroxylation is 1. The minimum atomic E-state index is -1.21. The topological polar surface area (TPSA) is 130 Å². The third-order valence-corrected chi connectivity index (χ3v) is 2.46. The normalized spacial score (nSPS) is 10.1. The molecule has 0 atom stereocenters. The molecular weight excluding hydrogens is 278 g/mol. The van der Waals surface area contributed by atoms with E-state index in [-0.39, 0.29) is 17.9 Å². The number of aromatic nitrogens is 3. The molecule has 0 aromatic carbocycles. The number of hydrogen-bond acceptors (Lipinski definition) is 6. The fraction of sp³-hybridized carbons (Fsp3) is 0.250. The van der Waals surface area contributed by atoms with Crippen LogP contribution < -0.4 is 10.6 Å². The molecule has 2 amide bonds. The Morgan fingerprint density at radius 3 is 2.90 bits per heavy atom. The number of hydrogen-bond donors (Lipinski definition) is 3. The van der Waals surface area contributed by atoms with Crippen molar-refractivity contribution in [3.05, 3.63) is 35.7 Å². The number of carbonyl (C=O) groups excluding carboxylic acids is 1. The average molecular weight is 291 g/mol. The van der Waals surface area contributed by atoms with Crippen molar-refractivity contribution >= 4 is 17.7 Å². The summed E-state index contributed by atoms with van der Waals surface area (Å²) in [6.07, 6.45) is 1.74. The lowest BCUT2D eigenvalue weighted by molar-refractivity contribution is 0.0691. The van der Waals surface area contributed by atoms with Crippen molar-refractivity contribution in [3.8, 4) is 0 Å². The maximum atomic E-state index is 11.7. The molecule has 110 valence electrons. The van der Waals surface area contributed by atoms with E-state index in [1.165, 1.54) is 18.3 Å². The van der Waals surface area contributed by atoms with E-state index < -0.39 is 12.0 Å². The van der Waals surface area contributed by atoms with Crippen molar-refractivity contribution in [3.63, 3.8) is 0 Å². The number of aromatic carboxylic acids is 1. The van der Waals surface area contributed by atoms with Gasteiger partial charge in [-0.25, -0.2) is 14.6 Å². The van der Waals surface area contributed by atoms with Crippen LogP contribution in [0.4, 0.5) is 10.5 Å². The summed E-state index contributed by atoms with van der Waals surface area (Å²) in [5, 5.41) is 17.6. The predicted molar refractivity (Wildman–Crippen MR) is 71.0 cm³/mol. The van der Waals surface area contributed by atoms with E-state index in [0.717, 1.165) is 0 Å². The van der Waals surface area contributed by atoms with Gasteiger partial charge in [-0.2, -0.15) is 4.98 Å². The highest BCUT2D eigenvalue weighted by Crippen LogP contribution is 2.11. The van der Waals surface area contributed by atoms with Crippen molar-refractivity contribution in [2.45, 2.75) is 13.3 Å². The number of nitrogens with zero attached hydrogens (tertiary/aromatic N) is 3. The zero-order valence-corrected chi connectivity index (χ0v) is 11.2. The highest BCUT2D eigenvalue weighted by atomic mass is 16.5. The lowest BCUT2D eigenvalue weighted by Crippen LogP contribution is -2.31. The predicted octanol–water partition coefficient (Wildman–Crippen LogP) is 0.835. The summed E-state index contributed by atoms with van der Waals surface area (Å²) in [6, 6.07) is 2.45. The number of nitrogens with one attached hydrogen (secondary N) is 2. The Kier molecular flexibility index (Phi) is 4.44. The van der Waals surface area contributed by atoms with Gasteiger partial charge >= 0.3 is 12.0 Å². The van der Waals surface area contributed by atoms with Crippen molar-refractivity contribution in [2.75, 3.05) is 11.9 Å². The molecule has 0 saturated carbocycles. The average Bonchev–Trinajstić information content (AvgIpc) is 2.85. The monoisotopic (exact) mass is 291 g/mol. The zero-order chi connectivity index (χ0) is 15.2. The minimum absolute atomic E-state index is 0.123. The molecule has 0 aliphatic carbocycles. The van der Waals surface area contributed by atoms with E-state index in [0.29, 0.717) is 18.1 Å². The molecule has 2 aromatic rings. The van der Waals surface area contributed by atoms with Crippen LogP contribution in [0.5, 0.6) is 0 Å². The molecule has 3 N–H and O–H groups in total. The van der Waals surface area contributed by atoms with Crippen LogP contribution in [-0.4, -0.2) is 38.8 Å². The molecule has 0 radical (unpaired) electrons. The minimum Gasteiger partial charge on any atom is -0.476 e. The van der Waals surface area contributed by atoms with Gasteiger partial charge in [0.2, 0.25) is 5.89 Å².